The van der Waals surface area contributed by atoms with Crippen LogP contribution in [0.2, 0.25) is 0 Å². The third-order valence-electron chi connectivity index (χ3n) is 3.09. The third-order valence-corrected chi connectivity index (χ3v) is 3.62. The Bertz CT molecular complexity index is 702. The molecule has 0 atom stereocenters. The number of benzene rings is 2. The Balaban J connectivity index is 1.91. The van der Waals surface area contributed by atoms with Crippen LogP contribution in [0.3, 0.4) is 0 Å². The highest BCUT2D eigenvalue weighted by molar-refractivity contribution is 9.10. The van der Waals surface area contributed by atoms with Crippen molar-refractivity contribution in [3.8, 4) is 28.4 Å². The second-order valence-corrected chi connectivity index (χ2v) is 5.30. The fraction of sp³-hybridized carbons (Fsp3) is 0.0625. The lowest BCUT2D eigenvalue weighted by molar-refractivity contribution is 0.415. The van der Waals surface area contributed by atoms with E-state index >= 15 is 0 Å². The minimum absolute atomic E-state index is 0.849. The van der Waals surface area contributed by atoms with Gasteiger partial charge in [-0.15, -0.1) is 0 Å². The van der Waals surface area contributed by atoms with Crippen LogP contribution in [0.25, 0.3) is 22.6 Å². The first kappa shape index (κ1) is 12.9. The first-order valence-electron chi connectivity index (χ1n) is 6.21. The van der Waals surface area contributed by atoms with Crippen molar-refractivity contribution in [1.29, 1.82) is 0 Å². The highest BCUT2D eigenvalue weighted by atomic mass is 79.9. The molecular formula is C16H13BrN2O. The number of hydrogen-bond donors (Lipinski definition) is 1. The second-order valence-electron chi connectivity index (χ2n) is 4.38. The maximum atomic E-state index is 5.16. The van der Waals surface area contributed by atoms with Crippen molar-refractivity contribution in [2.75, 3.05) is 7.11 Å². The number of ether oxygens (including phenoxy) is 1. The third kappa shape index (κ3) is 2.60. The van der Waals surface area contributed by atoms with Gasteiger partial charge in [-0.2, -0.15) is 0 Å². The van der Waals surface area contributed by atoms with E-state index in [2.05, 4.69) is 25.9 Å². The number of nitrogens with zero attached hydrogens (tertiary/aromatic N) is 1. The van der Waals surface area contributed by atoms with Gasteiger partial charge in [0.05, 0.1) is 19.0 Å². The van der Waals surface area contributed by atoms with Gasteiger partial charge in [0.2, 0.25) is 0 Å². The average Bonchev–Trinajstić information content (AvgIpc) is 2.98. The van der Waals surface area contributed by atoms with Crippen LogP contribution in [0.1, 0.15) is 0 Å². The second kappa shape index (κ2) is 5.51. The summed E-state index contributed by atoms with van der Waals surface area (Å²) in [4.78, 5) is 7.77. The van der Waals surface area contributed by atoms with Gasteiger partial charge in [0.25, 0.3) is 0 Å². The highest BCUT2D eigenvalue weighted by Gasteiger charge is 2.05. The molecule has 3 aromatic rings. The molecule has 20 heavy (non-hydrogen) atoms. The molecule has 0 aliphatic carbocycles. The highest BCUT2D eigenvalue weighted by Crippen LogP contribution is 2.24. The maximum absolute atomic E-state index is 5.16. The smallest absolute Gasteiger partial charge is 0.137 e. The minimum atomic E-state index is 0.849. The van der Waals surface area contributed by atoms with E-state index in [1.807, 2.05) is 54.7 Å². The zero-order valence-electron chi connectivity index (χ0n) is 10.9. The molecule has 3 rings (SSSR count). The topological polar surface area (TPSA) is 37.9 Å². The van der Waals surface area contributed by atoms with Gasteiger partial charge < -0.3 is 9.72 Å². The maximum Gasteiger partial charge on any atom is 0.137 e. The molecule has 100 valence electrons. The molecule has 0 radical (unpaired) electrons. The van der Waals surface area contributed by atoms with Crippen molar-refractivity contribution in [2.24, 2.45) is 0 Å². The van der Waals surface area contributed by atoms with Crippen LogP contribution < -0.4 is 4.74 Å². The largest absolute Gasteiger partial charge is 0.497 e. The molecule has 0 amide bonds. The van der Waals surface area contributed by atoms with Gasteiger partial charge in [0, 0.05) is 10.0 Å². The van der Waals surface area contributed by atoms with Crippen LogP contribution in [0.4, 0.5) is 0 Å². The van der Waals surface area contributed by atoms with E-state index in [0.29, 0.717) is 0 Å². The normalized spacial score (nSPS) is 10.5. The van der Waals surface area contributed by atoms with Gasteiger partial charge >= 0.3 is 0 Å². The van der Waals surface area contributed by atoms with Gasteiger partial charge in [-0.3, -0.25) is 0 Å². The quantitative estimate of drug-likeness (QED) is 0.767. The zero-order chi connectivity index (χ0) is 13.9. The Kier molecular flexibility index (Phi) is 3.56. The number of methoxy groups -OCH3 is 1. The number of imidazole rings is 1. The van der Waals surface area contributed by atoms with Crippen molar-refractivity contribution in [1.82, 2.24) is 9.97 Å². The summed E-state index contributed by atoms with van der Waals surface area (Å²) in [6.07, 6.45) is 1.85. The van der Waals surface area contributed by atoms with Crippen LogP contribution in [0.5, 0.6) is 5.75 Å². The summed E-state index contributed by atoms with van der Waals surface area (Å²) in [5.74, 6) is 1.71. The summed E-state index contributed by atoms with van der Waals surface area (Å²) in [6.45, 7) is 0. The molecule has 2 aromatic carbocycles. The van der Waals surface area contributed by atoms with Crippen molar-refractivity contribution in [2.45, 2.75) is 0 Å². The molecule has 1 aromatic heterocycles. The van der Waals surface area contributed by atoms with Crippen molar-refractivity contribution < 1.29 is 4.74 Å². The molecule has 1 N–H and O–H groups in total. The Labute approximate surface area is 125 Å². The van der Waals surface area contributed by atoms with Crippen molar-refractivity contribution in [3.05, 3.63) is 59.2 Å². The van der Waals surface area contributed by atoms with Crippen LogP contribution in [0.15, 0.2) is 59.2 Å². The first-order chi connectivity index (χ1) is 9.76. The lowest BCUT2D eigenvalue weighted by atomic mass is 10.1. The molecule has 4 heteroatoms. The molecule has 0 aliphatic rings. The van der Waals surface area contributed by atoms with E-state index in [9.17, 15) is 0 Å². The first-order valence-corrected chi connectivity index (χ1v) is 7.01. The molecule has 3 nitrogen and oxygen atoms in total. The van der Waals surface area contributed by atoms with E-state index in [4.69, 9.17) is 4.74 Å². The van der Waals surface area contributed by atoms with E-state index in [1.165, 1.54) is 0 Å². The van der Waals surface area contributed by atoms with Gasteiger partial charge in [0.1, 0.15) is 11.6 Å². The van der Waals surface area contributed by atoms with E-state index in [0.717, 1.165) is 32.9 Å². The lowest BCUT2D eigenvalue weighted by Gasteiger charge is -2.01. The molecule has 0 spiro atoms. The summed E-state index contributed by atoms with van der Waals surface area (Å²) in [6, 6.07) is 16.0. The van der Waals surface area contributed by atoms with Crippen molar-refractivity contribution >= 4 is 15.9 Å². The van der Waals surface area contributed by atoms with E-state index < -0.39 is 0 Å². The number of aromatic amines is 1. The molecular weight excluding hydrogens is 316 g/mol. The SMILES string of the molecule is COc1ccc(-c2cnc(-c3ccc(Br)cc3)[nH]2)cc1. The number of rotatable bonds is 3. The number of hydrogen-bond acceptors (Lipinski definition) is 2. The standard InChI is InChI=1S/C16H13BrN2O/c1-20-14-8-4-11(5-9-14)15-10-18-16(19-15)12-2-6-13(17)7-3-12/h2-10H,1H3,(H,18,19). The Morgan fingerprint density at radius 2 is 1.60 bits per heavy atom. The average molecular weight is 329 g/mol. The zero-order valence-corrected chi connectivity index (χ0v) is 12.5. The molecule has 0 saturated heterocycles. The summed E-state index contributed by atoms with van der Waals surface area (Å²) in [5, 5.41) is 0. The molecule has 1 heterocycles. The number of nitrogens with one attached hydrogen (secondary N) is 1. The van der Waals surface area contributed by atoms with Crippen LogP contribution in [-0.4, -0.2) is 17.1 Å². The van der Waals surface area contributed by atoms with Gasteiger partial charge in [-0.05, 0) is 42.0 Å². The molecule has 0 aliphatic heterocycles. The lowest BCUT2D eigenvalue weighted by Crippen LogP contribution is -1.83. The summed E-state index contributed by atoms with van der Waals surface area (Å²) < 4.78 is 6.22. The Hall–Kier alpha value is -2.07. The van der Waals surface area contributed by atoms with Gasteiger partial charge in [0.15, 0.2) is 0 Å². The predicted octanol–water partition coefficient (Wildman–Crippen LogP) is 4.51. The number of halogens is 1. The van der Waals surface area contributed by atoms with Gasteiger partial charge in [-0.1, -0.05) is 28.1 Å². The Morgan fingerprint density at radius 3 is 2.25 bits per heavy atom. The molecule has 0 saturated carbocycles. The van der Waals surface area contributed by atoms with Crippen molar-refractivity contribution in [3.63, 3.8) is 0 Å². The number of H-pyrrole nitrogens is 1. The molecule has 0 unspecified atom stereocenters. The summed E-state index contributed by atoms with van der Waals surface area (Å²) in [5.41, 5.74) is 3.14. The fourth-order valence-corrected chi connectivity index (χ4v) is 2.26. The molecule has 0 bridgehead atoms. The molecule has 0 fully saturated rings. The monoisotopic (exact) mass is 328 g/mol. The van der Waals surface area contributed by atoms with Crippen LogP contribution in [0, 0.1) is 0 Å². The summed E-state index contributed by atoms with van der Waals surface area (Å²) in [7, 11) is 1.66. The number of aromatic nitrogens is 2. The minimum Gasteiger partial charge on any atom is -0.497 e. The van der Waals surface area contributed by atoms with Crippen LogP contribution >= 0.6 is 15.9 Å². The fourth-order valence-electron chi connectivity index (χ4n) is 1.99. The van der Waals surface area contributed by atoms with Crippen LogP contribution in [-0.2, 0) is 0 Å². The summed E-state index contributed by atoms with van der Waals surface area (Å²) >= 11 is 3.43. The van der Waals surface area contributed by atoms with E-state index in [1.54, 1.807) is 7.11 Å². The van der Waals surface area contributed by atoms with Gasteiger partial charge in [-0.25, -0.2) is 4.98 Å². The Morgan fingerprint density at radius 1 is 0.950 bits per heavy atom. The van der Waals surface area contributed by atoms with E-state index in [-0.39, 0.29) is 0 Å². The predicted molar refractivity (Wildman–Crippen MR) is 83.7 cm³/mol.